The van der Waals surface area contributed by atoms with Crippen LogP contribution in [0.4, 0.5) is 5.69 Å². The van der Waals surface area contributed by atoms with E-state index >= 15 is 0 Å². The molecule has 0 bridgehead atoms. The van der Waals surface area contributed by atoms with Crippen molar-refractivity contribution in [3.8, 4) is 0 Å². The Bertz CT molecular complexity index is 624. The van der Waals surface area contributed by atoms with Crippen LogP contribution in [0.15, 0.2) is 38.5 Å². The van der Waals surface area contributed by atoms with Crippen molar-refractivity contribution >= 4 is 22.9 Å². The van der Waals surface area contributed by atoms with E-state index in [1.807, 2.05) is 25.3 Å². The van der Waals surface area contributed by atoms with Crippen molar-refractivity contribution in [3.05, 3.63) is 40.2 Å². The molecule has 1 aromatic heterocycles. The number of hydrogen-bond acceptors (Lipinski definition) is 3. The highest BCUT2D eigenvalue weighted by molar-refractivity contribution is 5.83. The van der Waals surface area contributed by atoms with E-state index in [0.29, 0.717) is 11.5 Å². The smallest absolute Gasteiger partial charge is 0.336 e. The predicted octanol–water partition coefficient (Wildman–Crippen LogP) is 3.46. The maximum absolute atomic E-state index is 11.3. The van der Waals surface area contributed by atoms with Crippen molar-refractivity contribution in [2.24, 2.45) is 10.9 Å². The van der Waals surface area contributed by atoms with Crippen molar-refractivity contribution in [2.45, 2.75) is 20.8 Å². The molecular formula is C14H15NO2. The average Bonchev–Trinajstić information content (AvgIpc) is 2.25. The SMILES string of the molecule is Cc1cc(=O)oc2cc(/N=C/C(C)C)ccc12. The first-order valence-corrected chi connectivity index (χ1v) is 5.65. The fourth-order valence-electron chi connectivity index (χ4n) is 1.63. The van der Waals surface area contributed by atoms with Gasteiger partial charge in [0.2, 0.25) is 0 Å². The van der Waals surface area contributed by atoms with Gasteiger partial charge in [-0.15, -0.1) is 0 Å². The largest absolute Gasteiger partial charge is 0.423 e. The molecule has 0 N–H and O–H groups in total. The molecule has 3 heteroatoms. The summed E-state index contributed by atoms with van der Waals surface area (Å²) in [5.74, 6) is 0.398. The third-order valence-electron chi connectivity index (χ3n) is 2.46. The zero-order valence-corrected chi connectivity index (χ0v) is 10.2. The van der Waals surface area contributed by atoms with Crippen LogP contribution in [0.5, 0.6) is 0 Å². The van der Waals surface area contributed by atoms with Crippen LogP contribution < -0.4 is 5.63 Å². The first-order valence-electron chi connectivity index (χ1n) is 5.65. The highest BCUT2D eigenvalue weighted by Gasteiger charge is 2.02. The van der Waals surface area contributed by atoms with E-state index in [-0.39, 0.29) is 5.63 Å². The third kappa shape index (κ3) is 2.61. The molecule has 0 saturated carbocycles. The van der Waals surface area contributed by atoms with E-state index in [1.54, 1.807) is 6.07 Å². The Morgan fingerprint density at radius 1 is 1.29 bits per heavy atom. The van der Waals surface area contributed by atoms with E-state index in [4.69, 9.17) is 4.42 Å². The van der Waals surface area contributed by atoms with Gasteiger partial charge in [-0.25, -0.2) is 4.79 Å². The van der Waals surface area contributed by atoms with Crippen LogP contribution in [0.25, 0.3) is 11.0 Å². The molecule has 0 amide bonds. The molecule has 3 nitrogen and oxygen atoms in total. The standard InChI is InChI=1S/C14H15NO2/c1-9(2)8-15-11-4-5-12-10(3)6-14(16)17-13(12)7-11/h4-9H,1-3H3/b15-8+. The van der Waals surface area contributed by atoms with Gasteiger partial charge >= 0.3 is 5.63 Å². The molecule has 0 fully saturated rings. The molecule has 1 aromatic carbocycles. The number of benzene rings is 1. The highest BCUT2D eigenvalue weighted by atomic mass is 16.4. The Hall–Kier alpha value is -1.90. The first kappa shape index (κ1) is 11.6. The Labute approximate surface area is 99.8 Å². The molecule has 0 unspecified atom stereocenters. The Morgan fingerprint density at radius 2 is 2.06 bits per heavy atom. The number of rotatable bonds is 2. The molecule has 2 rings (SSSR count). The minimum absolute atomic E-state index is 0.319. The molecule has 0 atom stereocenters. The number of aryl methyl sites for hydroxylation is 1. The van der Waals surface area contributed by atoms with E-state index in [2.05, 4.69) is 18.8 Å². The lowest BCUT2D eigenvalue weighted by molar-refractivity contribution is 0.560. The molecule has 0 saturated heterocycles. The summed E-state index contributed by atoms with van der Waals surface area (Å²) in [7, 11) is 0. The second-order valence-corrected chi connectivity index (χ2v) is 4.45. The van der Waals surface area contributed by atoms with Gasteiger partial charge in [0, 0.05) is 23.7 Å². The maximum atomic E-state index is 11.3. The second kappa shape index (κ2) is 4.53. The van der Waals surface area contributed by atoms with Gasteiger partial charge in [0.1, 0.15) is 5.58 Å². The first-order chi connectivity index (χ1) is 8.06. The zero-order chi connectivity index (χ0) is 12.4. The van der Waals surface area contributed by atoms with Gasteiger partial charge in [0.25, 0.3) is 0 Å². The van der Waals surface area contributed by atoms with Gasteiger partial charge in [-0.2, -0.15) is 0 Å². The normalized spacial score (nSPS) is 11.8. The Balaban J connectivity index is 2.54. The van der Waals surface area contributed by atoms with Crippen molar-refractivity contribution < 1.29 is 4.42 Å². The summed E-state index contributed by atoms with van der Waals surface area (Å²) < 4.78 is 5.16. The summed E-state index contributed by atoms with van der Waals surface area (Å²) in [4.78, 5) is 15.6. The monoisotopic (exact) mass is 229 g/mol. The van der Waals surface area contributed by atoms with Gasteiger partial charge in [0.05, 0.1) is 5.69 Å². The molecule has 17 heavy (non-hydrogen) atoms. The summed E-state index contributed by atoms with van der Waals surface area (Å²) >= 11 is 0. The van der Waals surface area contributed by atoms with Crippen LogP contribution in [-0.2, 0) is 0 Å². The van der Waals surface area contributed by atoms with Gasteiger partial charge in [-0.05, 0) is 30.5 Å². The number of nitrogens with zero attached hydrogens (tertiary/aromatic N) is 1. The van der Waals surface area contributed by atoms with Crippen LogP contribution in [-0.4, -0.2) is 6.21 Å². The second-order valence-electron chi connectivity index (χ2n) is 4.45. The molecule has 0 spiro atoms. The predicted molar refractivity (Wildman–Crippen MR) is 70.2 cm³/mol. The summed E-state index contributed by atoms with van der Waals surface area (Å²) in [5, 5.41) is 0.952. The van der Waals surface area contributed by atoms with Crippen LogP contribution in [0, 0.1) is 12.8 Å². The fraction of sp³-hybridized carbons (Fsp3) is 0.286. The average molecular weight is 229 g/mol. The Kier molecular flexibility index (Phi) is 3.09. The van der Waals surface area contributed by atoms with E-state index in [0.717, 1.165) is 16.6 Å². The minimum Gasteiger partial charge on any atom is -0.423 e. The molecule has 0 aliphatic heterocycles. The summed E-state index contributed by atoms with van der Waals surface area (Å²) in [5.41, 5.74) is 2.00. The Morgan fingerprint density at radius 3 is 2.76 bits per heavy atom. The maximum Gasteiger partial charge on any atom is 0.336 e. The van der Waals surface area contributed by atoms with Crippen LogP contribution in [0.3, 0.4) is 0 Å². The van der Waals surface area contributed by atoms with E-state index < -0.39 is 0 Å². The molecule has 2 aromatic rings. The molecule has 88 valence electrons. The molecule has 0 aliphatic carbocycles. The summed E-state index contributed by atoms with van der Waals surface area (Å²) in [6.45, 7) is 6.03. The van der Waals surface area contributed by atoms with Crippen LogP contribution >= 0.6 is 0 Å². The van der Waals surface area contributed by atoms with Crippen LogP contribution in [0.1, 0.15) is 19.4 Å². The number of aliphatic imine (C=N–C) groups is 1. The lowest BCUT2D eigenvalue weighted by Crippen LogP contribution is -1.97. The molecule has 0 radical (unpaired) electrons. The van der Waals surface area contributed by atoms with Crippen molar-refractivity contribution in [2.75, 3.05) is 0 Å². The van der Waals surface area contributed by atoms with Crippen molar-refractivity contribution in [1.82, 2.24) is 0 Å². The van der Waals surface area contributed by atoms with Gasteiger partial charge in [-0.3, -0.25) is 4.99 Å². The number of hydrogen-bond donors (Lipinski definition) is 0. The lowest BCUT2D eigenvalue weighted by atomic mass is 10.1. The third-order valence-corrected chi connectivity index (χ3v) is 2.46. The molecule has 0 aliphatic rings. The molecular weight excluding hydrogens is 214 g/mol. The van der Waals surface area contributed by atoms with Gasteiger partial charge in [-0.1, -0.05) is 13.8 Å². The van der Waals surface area contributed by atoms with Gasteiger partial charge in [0.15, 0.2) is 0 Å². The highest BCUT2D eigenvalue weighted by Crippen LogP contribution is 2.22. The summed E-state index contributed by atoms with van der Waals surface area (Å²) in [6, 6.07) is 7.15. The number of fused-ring (bicyclic) bond motifs is 1. The quantitative estimate of drug-likeness (QED) is 0.584. The minimum atomic E-state index is -0.319. The van der Waals surface area contributed by atoms with Crippen molar-refractivity contribution in [1.29, 1.82) is 0 Å². The summed E-state index contributed by atoms with van der Waals surface area (Å²) in [6.07, 6.45) is 1.87. The molecule has 1 heterocycles. The van der Waals surface area contributed by atoms with Crippen molar-refractivity contribution in [3.63, 3.8) is 0 Å². The van der Waals surface area contributed by atoms with Crippen LogP contribution in [0.2, 0.25) is 0 Å². The lowest BCUT2D eigenvalue weighted by Gasteiger charge is -2.01. The van der Waals surface area contributed by atoms with E-state index in [1.165, 1.54) is 6.07 Å². The van der Waals surface area contributed by atoms with Gasteiger partial charge < -0.3 is 4.42 Å². The van der Waals surface area contributed by atoms with E-state index in [9.17, 15) is 4.79 Å². The topological polar surface area (TPSA) is 42.6 Å². The fourth-order valence-corrected chi connectivity index (χ4v) is 1.63. The zero-order valence-electron chi connectivity index (χ0n) is 10.2.